The zero-order chi connectivity index (χ0) is 13.8. The number of rotatable bonds is 4. The van der Waals surface area contributed by atoms with Crippen molar-refractivity contribution in [3.63, 3.8) is 0 Å². The molecule has 2 rings (SSSR count). The number of hydrogen-bond donors (Lipinski definition) is 2. The van der Waals surface area contributed by atoms with E-state index in [4.69, 9.17) is 10.6 Å². The Morgan fingerprint density at radius 1 is 1.26 bits per heavy atom. The minimum Gasteiger partial charge on any atom is -0.490 e. The van der Waals surface area contributed by atoms with E-state index in [1.54, 1.807) is 7.11 Å². The molecule has 0 unspecified atom stereocenters. The number of aromatic nitrogens is 2. The average Bonchev–Trinajstić information content (AvgIpc) is 2.41. The molecule has 2 aromatic rings. The van der Waals surface area contributed by atoms with Crippen LogP contribution >= 0.6 is 11.8 Å². The number of anilines is 1. The van der Waals surface area contributed by atoms with Gasteiger partial charge in [0.1, 0.15) is 11.4 Å². The molecule has 3 N–H and O–H groups in total. The van der Waals surface area contributed by atoms with Crippen LogP contribution < -0.4 is 16.0 Å². The van der Waals surface area contributed by atoms with Gasteiger partial charge in [-0.2, -0.15) is 0 Å². The number of benzene rings is 1. The lowest BCUT2D eigenvalue weighted by atomic mass is 10.2. The van der Waals surface area contributed by atoms with Crippen LogP contribution in [0.5, 0.6) is 5.75 Å². The monoisotopic (exact) mass is 276 g/mol. The summed E-state index contributed by atoms with van der Waals surface area (Å²) in [4.78, 5) is 9.40. The molecule has 1 heterocycles. The van der Waals surface area contributed by atoms with E-state index in [-0.39, 0.29) is 0 Å². The highest BCUT2D eigenvalue weighted by molar-refractivity contribution is 7.99. The van der Waals surface area contributed by atoms with Gasteiger partial charge in [0.25, 0.3) is 0 Å². The molecule has 0 bridgehead atoms. The Bertz CT molecular complexity index is 589. The van der Waals surface area contributed by atoms with E-state index >= 15 is 0 Å². The summed E-state index contributed by atoms with van der Waals surface area (Å²) in [7, 11) is 1.57. The molecular weight excluding hydrogens is 260 g/mol. The Balaban J connectivity index is 2.37. The van der Waals surface area contributed by atoms with Crippen molar-refractivity contribution >= 4 is 17.6 Å². The van der Waals surface area contributed by atoms with Crippen molar-refractivity contribution in [3.05, 3.63) is 35.7 Å². The van der Waals surface area contributed by atoms with Gasteiger partial charge in [-0.05, 0) is 25.5 Å². The third-order valence-electron chi connectivity index (χ3n) is 2.65. The van der Waals surface area contributed by atoms with Crippen molar-refractivity contribution in [1.29, 1.82) is 0 Å². The topological polar surface area (TPSA) is 73.1 Å². The first-order chi connectivity index (χ1) is 9.15. The van der Waals surface area contributed by atoms with Gasteiger partial charge >= 0.3 is 0 Å². The summed E-state index contributed by atoms with van der Waals surface area (Å²) in [6.07, 6.45) is 1.46. The van der Waals surface area contributed by atoms with Crippen LogP contribution in [0.3, 0.4) is 0 Å². The maximum absolute atomic E-state index is 5.41. The molecule has 0 saturated heterocycles. The van der Waals surface area contributed by atoms with Crippen LogP contribution in [0.2, 0.25) is 0 Å². The minimum atomic E-state index is 0.477. The van der Waals surface area contributed by atoms with Crippen LogP contribution in [0.1, 0.15) is 11.1 Å². The molecule has 100 valence electrons. The molecule has 0 saturated carbocycles. The van der Waals surface area contributed by atoms with Gasteiger partial charge in [0.05, 0.1) is 7.11 Å². The fraction of sp³-hybridized carbons (Fsp3) is 0.231. The predicted octanol–water partition coefficient (Wildman–Crippen LogP) is 2.54. The molecule has 0 aliphatic carbocycles. The van der Waals surface area contributed by atoms with Crippen molar-refractivity contribution in [2.24, 2.45) is 5.84 Å². The summed E-state index contributed by atoms with van der Waals surface area (Å²) in [5, 5.41) is 0.734. The van der Waals surface area contributed by atoms with E-state index in [0.29, 0.717) is 11.6 Å². The quantitative estimate of drug-likeness (QED) is 0.508. The fourth-order valence-corrected chi connectivity index (χ4v) is 2.67. The first kappa shape index (κ1) is 13.6. The molecule has 6 heteroatoms. The van der Waals surface area contributed by atoms with Gasteiger partial charge in [0.2, 0.25) is 0 Å². The number of nitrogens with zero attached hydrogens (tertiary/aromatic N) is 2. The molecule has 0 radical (unpaired) electrons. The summed E-state index contributed by atoms with van der Waals surface area (Å²) >= 11 is 1.53. The summed E-state index contributed by atoms with van der Waals surface area (Å²) in [5.74, 6) is 6.44. The van der Waals surface area contributed by atoms with E-state index in [1.165, 1.54) is 29.2 Å². The lowest BCUT2D eigenvalue weighted by Crippen LogP contribution is -2.10. The highest BCUT2D eigenvalue weighted by atomic mass is 32.2. The van der Waals surface area contributed by atoms with E-state index in [9.17, 15) is 0 Å². The first-order valence-electron chi connectivity index (χ1n) is 5.76. The maximum atomic E-state index is 5.41. The van der Waals surface area contributed by atoms with E-state index in [0.717, 1.165) is 9.92 Å². The van der Waals surface area contributed by atoms with E-state index < -0.39 is 0 Å². The highest BCUT2D eigenvalue weighted by Gasteiger charge is 2.13. The molecule has 0 aliphatic heterocycles. The van der Waals surface area contributed by atoms with Crippen LogP contribution in [-0.4, -0.2) is 17.1 Å². The molecule has 0 fully saturated rings. The average molecular weight is 276 g/mol. The lowest BCUT2D eigenvalue weighted by Gasteiger charge is -2.11. The number of nitrogens with two attached hydrogens (primary N) is 1. The Labute approximate surface area is 116 Å². The number of hydrazine groups is 1. The molecule has 0 spiro atoms. The number of ether oxygens (including phenoxy) is 1. The molecule has 1 aromatic heterocycles. The summed E-state index contributed by atoms with van der Waals surface area (Å²) in [5.41, 5.74) is 4.95. The van der Waals surface area contributed by atoms with Crippen molar-refractivity contribution in [1.82, 2.24) is 9.97 Å². The molecule has 5 nitrogen and oxygen atoms in total. The number of nitrogen functional groups attached to an aromatic ring is 1. The Morgan fingerprint density at radius 2 is 2.05 bits per heavy atom. The second-order valence-electron chi connectivity index (χ2n) is 4.08. The molecular formula is C13H16N4OS. The van der Waals surface area contributed by atoms with Crippen molar-refractivity contribution in [2.45, 2.75) is 23.8 Å². The third kappa shape index (κ3) is 2.97. The molecule has 0 atom stereocenters. The van der Waals surface area contributed by atoms with Crippen LogP contribution in [0.4, 0.5) is 5.82 Å². The molecule has 0 aliphatic rings. The van der Waals surface area contributed by atoms with E-state index in [2.05, 4.69) is 47.4 Å². The van der Waals surface area contributed by atoms with Crippen molar-refractivity contribution < 1.29 is 4.74 Å². The maximum Gasteiger partial charge on any atom is 0.195 e. The molecule has 0 amide bonds. The largest absolute Gasteiger partial charge is 0.490 e. The Kier molecular flexibility index (Phi) is 4.24. The normalized spacial score (nSPS) is 10.3. The predicted molar refractivity (Wildman–Crippen MR) is 76.4 cm³/mol. The first-order valence-corrected chi connectivity index (χ1v) is 6.58. The van der Waals surface area contributed by atoms with Gasteiger partial charge < -0.3 is 10.2 Å². The minimum absolute atomic E-state index is 0.477. The van der Waals surface area contributed by atoms with Gasteiger partial charge in [-0.25, -0.2) is 15.8 Å². The van der Waals surface area contributed by atoms with Gasteiger partial charge in [0.15, 0.2) is 11.6 Å². The number of aryl methyl sites for hydroxylation is 2. The van der Waals surface area contributed by atoms with E-state index in [1.807, 2.05) is 0 Å². The number of hydrogen-bond acceptors (Lipinski definition) is 6. The Hall–Kier alpha value is -1.79. The number of nitrogens with one attached hydrogen (secondary N) is 1. The van der Waals surface area contributed by atoms with Crippen molar-refractivity contribution in [2.75, 3.05) is 12.5 Å². The lowest BCUT2D eigenvalue weighted by molar-refractivity contribution is 0.400. The smallest absolute Gasteiger partial charge is 0.195 e. The standard InChI is InChI=1S/C13H16N4OS/c1-8-4-5-10(9(2)6-8)19-13-11(18-3)12(17-14)15-7-16-13/h4-7H,14H2,1-3H3,(H,15,16,17). The Morgan fingerprint density at radius 3 is 2.68 bits per heavy atom. The van der Waals surface area contributed by atoms with Crippen LogP contribution in [-0.2, 0) is 0 Å². The van der Waals surface area contributed by atoms with Crippen LogP contribution in [0.25, 0.3) is 0 Å². The third-order valence-corrected chi connectivity index (χ3v) is 3.81. The second-order valence-corrected chi connectivity index (χ2v) is 5.11. The number of methoxy groups -OCH3 is 1. The fourth-order valence-electron chi connectivity index (χ4n) is 1.74. The van der Waals surface area contributed by atoms with Gasteiger partial charge in [0, 0.05) is 4.90 Å². The van der Waals surface area contributed by atoms with Crippen molar-refractivity contribution in [3.8, 4) is 5.75 Å². The second kappa shape index (κ2) is 5.90. The zero-order valence-electron chi connectivity index (χ0n) is 11.1. The SMILES string of the molecule is COc1c(NN)ncnc1Sc1ccc(C)cc1C. The van der Waals surface area contributed by atoms with Gasteiger partial charge in [-0.1, -0.05) is 29.5 Å². The summed E-state index contributed by atoms with van der Waals surface area (Å²) in [6, 6.07) is 6.29. The van der Waals surface area contributed by atoms with Crippen LogP contribution in [0.15, 0.2) is 34.4 Å². The summed E-state index contributed by atoms with van der Waals surface area (Å²) < 4.78 is 5.31. The summed E-state index contributed by atoms with van der Waals surface area (Å²) in [6.45, 7) is 4.15. The van der Waals surface area contributed by atoms with Crippen LogP contribution in [0, 0.1) is 13.8 Å². The highest BCUT2D eigenvalue weighted by Crippen LogP contribution is 2.37. The van der Waals surface area contributed by atoms with Gasteiger partial charge in [-0.3, -0.25) is 0 Å². The zero-order valence-corrected chi connectivity index (χ0v) is 11.9. The molecule has 19 heavy (non-hydrogen) atoms. The molecule has 1 aromatic carbocycles. The van der Waals surface area contributed by atoms with Gasteiger partial charge in [-0.15, -0.1) is 0 Å².